The molecule has 0 amide bonds. The van der Waals surface area contributed by atoms with Crippen molar-refractivity contribution in [3.63, 3.8) is 0 Å². The number of rotatable bonds is 5. The van der Waals surface area contributed by atoms with Crippen molar-refractivity contribution in [3.8, 4) is 5.75 Å². The second-order valence-corrected chi connectivity index (χ2v) is 7.08. The van der Waals surface area contributed by atoms with Gasteiger partial charge >= 0.3 is 11.9 Å². The number of nitrogens with two attached hydrogens (primary N) is 2. The van der Waals surface area contributed by atoms with E-state index in [-0.39, 0.29) is 22.8 Å². The summed E-state index contributed by atoms with van der Waals surface area (Å²) in [6.45, 7) is 0.978. The van der Waals surface area contributed by atoms with Gasteiger partial charge in [0.1, 0.15) is 17.2 Å². The summed E-state index contributed by atoms with van der Waals surface area (Å²) in [5.41, 5.74) is 11.5. The third-order valence-electron chi connectivity index (χ3n) is 5.04. The Morgan fingerprint density at radius 3 is 2.83 bits per heavy atom. The number of aromatic carboxylic acids is 1. The van der Waals surface area contributed by atoms with Crippen LogP contribution in [-0.2, 0) is 6.42 Å². The maximum Gasteiger partial charge on any atom is 0.345 e. The zero-order valence-corrected chi connectivity index (χ0v) is 16.0. The van der Waals surface area contributed by atoms with Crippen LogP contribution in [0, 0.1) is 0 Å². The standard InChI is InChI=1S/C19H21N7O4/c20-14-13(18(27)28)11(8-24-16(14)21)30-19(29)10-4-6-23-17-15(10)25-12(26-17)7-9-3-1-2-5-22-9/h4,6,8-9,22H,1-3,5,7,20H2,(H2,21,24)(H,27,28)(H,23,25,26). The fourth-order valence-electron chi connectivity index (χ4n) is 3.53. The van der Waals surface area contributed by atoms with Gasteiger partial charge in [-0.05, 0) is 25.5 Å². The fraction of sp³-hybridized carbons (Fsp3) is 0.316. The number of ether oxygens (including phenoxy) is 1. The Kier molecular flexibility index (Phi) is 5.19. The van der Waals surface area contributed by atoms with Crippen LogP contribution in [0.25, 0.3) is 11.2 Å². The minimum Gasteiger partial charge on any atom is -0.477 e. The molecular formula is C19H21N7O4. The molecule has 1 aliphatic rings. The molecule has 3 aromatic rings. The monoisotopic (exact) mass is 411 g/mol. The van der Waals surface area contributed by atoms with Crippen LogP contribution >= 0.6 is 0 Å². The number of H-pyrrole nitrogens is 1. The number of carboxylic acids is 1. The third kappa shape index (κ3) is 3.74. The van der Waals surface area contributed by atoms with Crippen LogP contribution < -0.4 is 21.5 Å². The Hall–Kier alpha value is -3.73. The Bertz CT molecular complexity index is 1120. The van der Waals surface area contributed by atoms with E-state index in [1.165, 1.54) is 18.7 Å². The Balaban J connectivity index is 1.62. The highest BCUT2D eigenvalue weighted by Gasteiger charge is 2.24. The lowest BCUT2D eigenvalue weighted by Crippen LogP contribution is -2.35. The second kappa shape index (κ2) is 7.95. The maximum absolute atomic E-state index is 12.8. The van der Waals surface area contributed by atoms with Gasteiger partial charge in [-0.3, -0.25) is 0 Å². The van der Waals surface area contributed by atoms with Gasteiger partial charge in [0, 0.05) is 18.7 Å². The van der Waals surface area contributed by atoms with Crippen LogP contribution in [0.15, 0.2) is 18.5 Å². The number of nitrogens with one attached hydrogen (secondary N) is 2. The van der Waals surface area contributed by atoms with E-state index in [1.54, 1.807) is 0 Å². The first-order valence-corrected chi connectivity index (χ1v) is 9.50. The van der Waals surface area contributed by atoms with E-state index in [0.29, 0.717) is 29.5 Å². The smallest absolute Gasteiger partial charge is 0.345 e. The van der Waals surface area contributed by atoms with Crippen molar-refractivity contribution < 1.29 is 19.4 Å². The molecule has 0 aromatic carbocycles. The molecule has 1 unspecified atom stereocenters. The number of carboxylic acid groups (broad SMARTS) is 1. The molecule has 11 heteroatoms. The minimum absolute atomic E-state index is 0.159. The summed E-state index contributed by atoms with van der Waals surface area (Å²) in [4.78, 5) is 39.9. The van der Waals surface area contributed by atoms with E-state index in [0.717, 1.165) is 25.6 Å². The van der Waals surface area contributed by atoms with Crippen LogP contribution in [0.2, 0.25) is 0 Å². The molecule has 1 saturated heterocycles. The fourth-order valence-corrected chi connectivity index (χ4v) is 3.53. The van der Waals surface area contributed by atoms with Gasteiger partial charge in [0.15, 0.2) is 11.4 Å². The molecule has 1 fully saturated rings. The van der Waals surface area contributed by atoms with Crippen molar-refractivity contribution in [3.05, 3.63) is 35.4 Å². The summed E-state index contributed by atoms with van der Waals surface area (Å²) < 4.78 is 5.29. The number of aromatic nitrogens is 4. The van der Waals surface area contributed by atoms with Gasteiger partial charge in [0.2, 0.25) is 0 Å². The lowest BCUT2D eigenvalue weighted by atomic mass is 10.0. The van der Waals surface area contributed by atoms with Crippen LogP contribution in [0.3, 0.4) is 0 Å². The molecule has 0 bridgehead atoms. The number of esters is 1. The molecule has 3 aromatic heterocycles. The van der Waals surface area contributed by atoms with Crippen molar-refractivity contribution in [1.29, 1.82) is 0 Å². The van der Waals surface area contributed by atoms with Gasteiger partial charge in [-0.1, -0.05) is 6.42 Å². The lowest BCUT2D eigenvalue weighted by Gasteiger charge is -2.22. The van der Waals surface area contributed by atoms with Crippen molar-refractivity contribution in [1.82, 2.24) is 25.3 Å². The first-order chi connectivity index (χ1) is 14.4. The van der Waals surface area contributed by atoms with E-state index >= 15 is 0 Å². The molecule has 4 rings (SSSR count). The topological polar surface area (TPSA) is 182 Å². The highest BCUT2D eigenvalue weighted by Crippen LogP contribution is 2.28. The molecule has 156 valence electrons. The molecule has 1 aliphatic heterocycles. The van der Waals surface area contributed by atoms with Crippen LogP contribution in [0.4, 0.5) is 11.5 Å². The van der Waals surface area contributed by atoms with Gasteiger partial charge < -0.3 is 31.6 Å². The number of piperidine rings is 1. The van der Waals surface area contributed by atoms with Crippen molar-refractivity contribution in [2.24, 2.45) is 0 Å². The average Bonchev–Trinajstić information content (AvgIpc) is 3.13. The van der Waals surface area contributed by atoms with Crippen molar-refractivity contribution in [2.45, 2.75) is 31.7 Å². The van der Waals surface area contributed by atoms with E-state index in [1.807, 2.05) is 0 Å². The Morgan fingerprint density at radius 1 is 1.27 bits per heavy atom. The lowest BCUT2D eigenvalue weighted by molar-refractivity contribution is 0.0682. The number of hydrogen-bond acceptors (Lipinski definition) is 9. The van der Waals surface area contributed by atoms with Crippen LogP contribution in [0.1, 0.15) is 45.8 Å². The number of nitrogens with zero attached hydrogens (tertiary/aromatic N) is 3. The zero-order valence-electron chi connectivity index (χ0n) is 16.0. The number of carbonyl (C=O) groups is 2. The maximum atomic E-state index is 12.8. The number of imidazole rings is 1. The molecule has 0 radical (unpaired) electrons. The molecule has 0 spiro atoms. The number of anilines is 2. The predicted molar refractivity (Wildman–Crippen MR) is 108 cm³/mol. The van der Waals surface area contributed by atoms with Gasteiger partial charge in [0.05, 0.1) is 23.0 Å². The first kappa shape index (κ1) is 19.6. The molecule has 1 atom stereocenters. The zero-order chi connectivity index (χ0) is 21.3. The Labute approximate surface area is 170 Å². The molecule has 0 saturated carbocycles. The number of aromatic amines is 1. The first-order valence-electron chi connectivity index (χ1n) is 9.50. The van der Waals surface area contributed by atoms with E-state index < -0.39 is 17.5 Å². The van der Waals surface area contributed by atoms with E-state index in [2.05, 4.69) is 25.3 Å². The SMILES string of the molecule is Nc1ncc(OC(=O)c2ccnc3nc(CC4CCCCN4)[nH]c23)c(C(=O)O)c1N. The number of carbonyl (C=O) groups excluding carboxylic acids is 1. The molecular weight excluding hydrogens is 390 g/mol. The van der Waals surface area contributed by atoms with E-state index in [9.17, 15) is 14.7 Å². The van der Waals surface area contributed by atoms with E-state index in [4.69, 9.17) is 16.2 Å². The molecule has 7 N–H and O–H groups in total. The summed E-state index contributed by atoms with van der Waals surface area (Å²) >= 11 is 0. The predicted octanol–water partition coefficient (Wildman–Crippen LogP) is 1.12. The summed E-state index contributed by atoms with van der Waals surface area (Å²) in [7, 11) is 0. The normalized spacial score (nSPS) is 16.5. The number of nitrogen functional groups attached to an aromatic ring is 2. The van der Waals surface area contributed by atoms with Crippen LogP contribution in [0.5, 0.6) is 5.75 Å². The molecule has 0 aliphatic carbocycles. The van der Waals surface area contributed by atoms with Gasteiger partial charge in [-0.25, -0.2) is 24.5 Å². The highest BCUT2D eigenvalue weighted by molar-refractivity contribution is 6.04. The molecule has 30 heavy (non-hydrogen) atoms. The second-order valence-electron chi connectivity index (χ2n) is 7.08. The van der Waals surface area contributed by atoms with Gasteiger partial charge in [0.25, 0.3) is 0 Å². The average molecular weight is 411 g/mol. The highest BCUT2D eigenvalue weighted by atomic mass is 16.5. The number of fused-ring (bicyclic) bond motifs is 1. The molecule has 4 heterocycles. The summed E-state index contributed by atoms with van der Waals surface area (Å²) in [6, 6.07) is 1.79. The molecule has 11 nitrogen and oxygen atoms in total. The number of pyridine rings is 2. The summed E-state index contributed by atoms with van der Waals surface area (Å²) in [5, 5.41) is 12.9. The minimum atomic E-state index is -1.38. The largest absolute Gasteiger partial charge is 0.477 e. The summed E-state index contributed by atoms with van der Waals surface area (Å²) in [6.07, 6.45) is 6.57. The van der Waals surface area contributed by atoms with Gasteiger partial charge in [-0.15, -0.1) is 0 Å². The quantitative estimate of drug-likeness (QED) is 0.381. The van der Waals surface area contributed by atoms with Crippen LogP contribution in [-0.4, -0.2) is 49.6 Å². The number of hydrogen-bond donors (Lipinski definition) is 5. The van der Waals surface area contributed by atoms with Crippen molar-refractivity contribution in [2.75, 3.05) is 18.0 Å². The van der Waals surface area contributed by atoms with Gasteiger partial charge in [-0.2, -0.15) is 0 Å². The summed E-state index contributed by atoms with van der Waals surface area (Å²) in [5.74, 6) is -1.92. The Morgan fingerprint density at radius 2 is 2.10 bits per heavy atom. The third-order valence-corrected chi connectivity index (χ3v) is 5.04. The van der Waals surface area contributed by atoms with Crippen molar-refractivity contribution >= 4 is 34.6 Å².